The number of epoxide rings is 1. The van der Waals surface area contributed by atoms with E-state index in [2.05, 4.69) is 0 Å². The van der Waals surface area contributed by atoms with Gasteiger partial charge in [0.05, 0.1) is 7.11 Å². The van der Waals surface area contributed by atoms with Gasteiger partial charge in [-0.15, -0.1) is 0 Å². The van der Waals surface area contributed by atoms with Crippen LogP contribution in [0.15, 0.2) is 72.8 Å². The third-order valence-electron chi connectivity index (χ3n) is 3.78. The topological polar surface area (TPSA) is 38.8 Å². The number of hydrogen-bond acceptors (Lipinski definition) is 3. The monoisotopic (exact) mass is 306 g/mol. The Morgan fingerprint density at radius 2 is 1.57 bits per heavy atom. The van der Waals surface area contributed by atoms with Gasteiger partial charge in [0, 0.05) is 0 Å². The smallest absolute Gasteiger partial charge is 0.345 e. The van der Waals surface area contributed by atoms with Crippen molar-refractivity contribution in [2.45, 2.75) is 11.7 Å². The lowest BCUT2D eigenvalue weighted by Gasteiger charge is -2.04. The highest BCUT2D eigenvalue weighted by Crippen LogP contribution is 2.41. The Labute approximate surface area is 135 Å². The molecule has 1 aliphatic heterocycles. The minimum Gasteiger partial charge on any atom is -0.467 e. The van der Waals surface area contributed by atoms with Crippen molar-refractivity contribution in [3.63, 3.8) is 0 Å². The summed E-state index contributed by atoms with van der Waals surface area (Å²) in [4.78, 5) is 12.1. The molecule has 2 aromatic rings. The molecule has 116 valence electrons. The van der Waals surface area contributed by atoms with Crippen LogP contribution in [0, 0.1) is 0 Å². The molecule has 2 aromatic carbocycles. The first-order chi connectivity index (χ1) is 11.2. The van der Waals surface area contributed by atoms with Gasteiger partial charge in [-0.3, -0.25) is 0 Å². The Morgan fingerprint density at radius 1 is 1.00 bits per heavy atom. The number of hydrogen-bond donors (Lipinski definition) is 0. The zero-order chi connectivity index (χ0) is 16.1. The van der Waals surface area contributed by atoms with Gasteiger partial charge in [0.25, 0.3) is 0 Å². The Morgan fingerprint density at radius 3 is 2.13 bits per heavy atom. The molecule has 23 heavy (non-hydrogen) atoms. The van der Waals surface area contributed by atoms with Crippen LogP contribution < -0.4 is 0 Å². The largest absolute Gasteiger partial charge is 0.467 e. The summed E-state index contributed by atoms with van der Waals surface area (Å²) < 4.78 is 10.6. The summed E-state index contributed by atoms with van der Waals surface area (Å²) in [5, 5.41) is 0. The number of benzene rings is 2. The van der Waals surface area contributed by atoms with Crippen LogP contribution in [0.1, 0.15) is 11.1 Å². The molecule has 1 fully saturated rings. The van der Waals surface area contributed by atoms with E-state index in [0.717, 1.165) is 11.1 Å². The second kappa shape index (κ2) is 6.63. The van der Waals surface area contributed by atoms with E-state index >= 15 is 0 Å². The van der Waals surface area contributed by atoms with Gasteiger partial charge in [0.1, 0.15) is 6.10 Å². The maximum absolute atomic E-state index is 12.1. The summed E-state index contributed by atoms with van der Waals surface area (Å²) in [5.74, 6) is -0.382. The fraction of sp³-hybridized carbons (Fsp3) is 0.150. The molecule has 2 atom stereocenters. The molecule has 3 heteroatoms. The number of carbonyl (C=O) groups excluding carboxylic acids is 1. The van der Waals surface area contributed by atoms with Gasteiger partial charge >= 0.3 is 5.97 Å². The Kier molecular flexibility index (Phi) is 4.40. The summed E-state index contributed by atoms with van der Waals surface area (Å²) in [7, 11) is 1.38. The maximum atomic E-state index is 12.1. The molecule has 0 aliphatic carbocycles. The van der Waals surface area contributed by atoms with Gasteiger partial charge in [-0.25, -0.2) is 4.79 Å². The van der Waals surface area contributed by atoms with Crippen molar-refractivity contribution in [2.75, 3.05) is 7.11 Å². The first-order valence-corrected chi connectivity index (χ1v) is 7.48. The molecule has 1 heterocycles. The van der Waals surface area contributed by atoms with Crippen LogP contribution in [-0.2, 0) is 14.3 Å². The summed E-state index contributed by atoms with van der Waals surface area (Å²) in [6.07, 6.45) is 7.18. The normalized spacial score (nSPS) is 23.3. The summed E-state index contributed by atoms with van der Waals surface area (Å²) in [6, 6.07) is 19.7. The molecule has 0 spiro atoms. The molecule has 3 nitrogen and oxygen atoms in total. The minimum atomic E-state index is -1.02. The molecule has 0 unspecified atom stereocenters. The van der Waals surface area contributed by atoms with Crippen molar-refractivity contribution in [1.29, 1.82) is 0 Å². The summed E-state index contributed by atoms with van der Waals surface area (Å²) in [5.41, 5.74) is 1.06. The Hall–Kier alpha value is -2.65. The summed E-state index contributed by atoms with van der Waals surface area (Å²) >= 11 is 0. The van der Waals surface area contributed by atoms with Crippen LogP contribution in [0.2, 0.25) is 0 Å². The predicted octanol–water partition coefficient (Wildman–Crippen LogP) is 3.72. The van der Waals surface area contributed by atoms with Crippen LogP contribution in [0.25, 0.3) is 12.2 Å². The molecule has 0 radical (unpaired) electrons. The predicted molar refractivity (Wildman–Crippen MR) is 90.6 cm³/mol. The molecule has 0 N–H and O–H groups in total. The van der Waals surface area contributed by atoms with E-state index in [4.69, 9.17) is 9.47 Å². The zero-order valence-corrected chi connectivity index (χ0v) is 12.9. The van der Waals surface area contributed by atoms with Gasteiger partial charge in [-0.05, 0) is 17.2 Å². The number of carbonyl (C=O) groups is 1. The Balaban J connectivity index is 1.77. The SMILES string of the molecule is COC(=O)[C@]1(/C=C/c2ccccc2)O[C@@H]1/C=C/c1ccccc1. The molecule has 0 bridgehead atoms. The highest BCUT2D eigenvalue weighted by molar-refractivity contribution is 5.88. The van der Waals surface area contributed by atoms with E-state index in [1.165, 1.54) is 7.11 Å². The van der Waals surface area contributed by atoms with Crippen molar-refractivity contribution in [3.05, 3.63) is 83.9 Å². The van der Waals surface area contributed by atoms with Gasteiger partial charge in [-0.2, -0.15) is 0 Å². The molecule has 0 aromatic heterocycles. The van der Waals surface area contributed by atoms with Gasteiger partial charge in [0.2, 0.25) is 5.60 Å². The van der Waals surface area contributed by atoms with Crippen LogP contribution in [-0.4, -0.2) is 24.8 Å². The number of rotatable bonds is 5. The van der Waals surface area contributed by atoms with Gasteiger partial charge in [0.15, 0.2) is 0 Å². The van der Waals surface area contributed by atoms with Crippen molar-refractivity contribution >= 4 is 18.1 Å². The average Bonchev–Trinajstić information content (AvgIpc) is 3.34. The van der Waals surface area contributed by atoms with E-state index in [1.54, 1.807) is 6.08 Å². The fourth-order valence-corrected chi connectivity index (χ4v) is 2.43. The van der Waals surface area contributed by atoms with Gasteiger partial charge in [-0.1, -0.05) is 78.9 Å². The van der Waals surface area contributed by atoms with E-state index in [1.807, 2.05) is 78.9 Å². The molecule has 0 amide bonds. The van der Waals surface area contributed by atoms with E-state index in [-0.39, 0.29) is 12.1 Å². The number of methoxy groups -OCH3 is 1. The Bertz CT molecular complexity index is 719. The number of ether oxygens (including phenoxy) is 2. The van der Waals surface area contributed by atoms with Gasteiger partial charge < -0.3 is 9.47 Å². The molecular weight excluding hydrogens is 288 g/mol. The quantitative estimate of drug-likeness (QED) is 0.624. The maximum Gasteiger partial charge on any atom is 0.345 e. The molecule has 3 rings (SSSR count). The van der Waals surface area contributed by atoms with Crippen molar-refractivity contribution in [3.8, 4) is 0 Å². The first kappa shape index (κ1) is 15.3. The molecular formula is C20H18O3. The van der Waals surface area contributed by atoms with Crippen LogP contribution in [0.3, 0.4) is 0 Å². The second-order valence-electron chi connectivity index (χ2n) is 5.34. The van der Waals surface area contributed by atoms with Crippen LogP contribution in [0.4, 0.5) is 0 Å². The van der Waals surface area contributed by atoms with Crippen LogP contribution >= 0.6 is 0 Å². The standard InChI is InChI=1S/C20H18O3/c1-22-19(21)20(15-14-17-10-6-3-7-11-17)18(23-20)13-12-16-8-4-2-5-9-16/h2-15,18H,1H3/b13-12+,15-14+/t18-,20-/m1/s1. The fourth-order valence-electron chi connectivity index (χ4n) is 2.43. The first-order valence-electron chi connectivity index (χ1n) is 7.48. The lowest BCUT2D eigenvalue weighted by molar-refractivity contribution is -0.144. The third-order valence-corrected chi connectivity index (χ3v) is 3.78. The summed E-state index contributed by atoms with van der Waals surface area (Å²) in [6.45, 7) is 0. The van der Waals surface area contributed by atoms with E-state index < -0.39 is 5.60 Å². The zero-order valence-electron chi connectivity index (χ0n) is 12.9. The lowest BCUT2D eigenvalue weighted by atomic mass is 10.0. The third kappa shape index (κ3) is 3.41. The van der Waals surface area contributed by atoms with Crippen molar-refractivity contribution in [1.82, 2.24) is 0 Å². The van der Waals surface area contributed by atoms with Crippen molar-refractivity contribution in [2.24, 2.45) is 0 Å². The molecule has 1 saturated heterocycles. The second-order valence-corrected chi connectivity index (χ2v) is 5.34. The minimum absolute atomic E-state index is 0.310. The molecule has 1 aliphatic rings. The van der Waals surface area contributed by atoms with E-state index in [0.29, 0.717) is 0 Å². The van der Waals surface area contributed by atoms with Crippen LogP contribution in [0.5, 0.6) is 0 Å². The van der Waals surface area contributed by atoms with E-state index in [9.17, 15) is 4.79 Å². The average molecular weight is 306 g/mol. The number of esters is 1. The molecule has 0 saturated carbocycles. The van der Waals surface area contributed by atoms with Crippen molar-refractivity contribution < 1.29 is 14.3 Å². The highest BCUT2D eigenvalue weighted by Gasteiger charge is 2.60. The highest BCUT2D eigenvalue weighted by atomic mass is 16.7. The lowest BCUT2D eigenvalue weighted by Crippen LogP contribution is -2.25.